The molecule has 1 aromatic heterocycles. The first-order chi connectivity index (χ1) is 6.34. The summed E-state index contributed by atoms with van der Waals surface area (Å²) in [5, 5.41) is 3.15. The molecule has 1 aromatic rings. The summed E-state index contributed by atoms with van der Waals surface area (Å²) >= 11 is 0. The van der Waals surface area contributed by atoms with Crippen LogP contribution in [0.3, 0.4) is 0 Å². The lowest BCUT2D eigenvalue weighted by Crippen LogP contribution is -2.20. The van der Waals surface area contributed by atoms with Crippen LogP contribution in [0, 0.1) is 5.82 Å². The van der Waals surface area contributed by atoms with Crippen molar-refractivity contribution in [1.82, 2.24) is 15.3 Å². The highest BCUT2D eigenvalue weighted by Crippen LogP contribution is 2.08. The van der Waals surface area contributed by atoms with Crippen LogP contribution in [0.25, 0.3) is 0 Å². The Balaban J connectivity index is 0.000000980. The van der Waals surface area contributed by atoms with E-state index in [2.05, 4.69) is 15.3 Å². The molecular formula is C8H11ClFN3O. The summed E-state index contributed by atoms with van der Waals surface area (Å²) in [4.78, 5) is 7.41. The maximum absolute atomic E-state index is 12.4. The predicted octanol–water partition coefficient (Wildman–Crippen LogP) is 0.778. The molecule has 0 bridgehead atoms. The third kappa shape index (κ3) is 2.78. The van der Waals surface area contributed by atoms with Gasteiger partial charge in [0.25, 0.3) is 0 Å². The number of hydrogen-bond donors (Lipinski definition) is 1. The number of hydrogen-bond acceptors (Lipinski definition) is 4. The second-order valence-corrected chi connectivity index (χ2v) is 2.92. The van der Waals surface area contributed by atoms with Gasteiger partial charge in [0.15, 0.2) is 5.82 Å². The Morgan fingerprint density at radius 3 is 2.71 bits per heavy atom. The molecule has 1 fully saturated rings. The maximum Gasteiger partial charge on any atom is 0.316 e. The van der Waals surface area contributed by atoms with Crippen molar-refractivity contribution in [2.75, 3.05) is 13.1 Å². The molecule has 1 aliphatic heterocycles. The van der Waals surface area contributed by atoms with Gasteiger partial charge in [0.2, 0.25) is 0 Å². The average Bonchev–Trinajstić information content (AvgIpc) is 2.62. The molecule has 0 saturated carbocycles. The molecule has 1 saturated heterocycles. The zero-order valence-corrected chi connectivity index (χ0v) is 8.26. The summed E-state index contributed by atoms with van der Waals surface area (Å²) in [6, 6.07) is 0.245. The third-order valence-corrected chi connectivity index (χ3v) is 1.88. The van der Waals surface area contributed by atoms with Crippen LogP contribution in [0.1, 0.15) is 6.42 Å². The van der Waals surface area contributed by atoms with Crippen molar-refractivity contribution in [3.05, 3.63) is 18.2 Å². The minimum atomic E-state index is -0.447. The number of rotatable bonds is 2. The van der Waals surface area contributed by atoms with E-state index < -0.39 is 5.82 Å². The van der Waals surface area contributed by atoms with Crippen LogP contribution in [0.4, 0.5) is 4.39 Å². The summed E-state index contributed by atoms with van der Waals surface area (Å²) in [7, 11) is 0. The second-order valence-electron chi connectivity index (χ2n) is 2.92. The van der Waals surface area contributed by atoms with Gasteiger partial charge in [0.1, 0.15) is 6.10 Å². The van der Waals surface area contributed by atoms with E-state index in [1.165, 1.54) is 0 Å². The molecule has 78 valence electrons. The van der Waals surface area contributed by atoms with E-state index in [9.17, 15) is 4.39 Å². The first-order valence-corrected chi connectivity index (χ1v) is 4.19. The van der Waals surface area contributed by atoms with Gasteiger partial charge in [-0.25, -0.2) is 14.4 Å². The van der Waals surface area contributed by atoms with Gasteiger partial charge in [-0.2, -0.15) is 0 Å². The summed E-state index contributed by atoms with van der Waals surface area (Å²) in [6.07, 6.45) is 3.27. The Kier molecular flexibility index (Phi) is 4.03. The third-order valence-electron chi connectivity index (χ3n) is 1.88. The van der Waals surface area contributed by atoms with E-state index in [1.54, 1.807) is 0 Å². The number of halogens is 2. The lowest BCUT2D eigenvalue weighted by Gasteiger charge is -2.09. The van der Waals surface area contributed by atoms with Crippen LogP contribution in [0.5, 0.6) is 6.01 Å². The molecule has 0 amide bonds. The van der Waals surface area contributed by atoms with Crippen molar-refractivity contribution in [3.8, 4) is 6.01 Å². The Morgan fingerprint density at radius 1 is 1.43 bits per heavy atom. The summed E-state index contributed by atoms with van der Waals surface area (Å²) in [5.74, 6) is -0.447. The summed E-state index contributed by atoms with van der Waals surface area (Å²) in [6.45, 7) is 1.76. The van der Waals surface area contributed by atoms with E-state index >= 15 is 0 Å². The van der Waals surface area contributed by atoms with E-state index in [4.69, 9.17) is 4.74 Å². The lowest BCUT2D eigenvalue weighted by atomic mass is 10.3. The van der Waals surface area contributed by atoms with E-state index in [0.717, 1.165) is 31.9 Å². The average molecular weight is 220 g/mol. The molecule has 4 nitrogen and oxygen atoms in total. The van der Waals surface area contributed by atoms with Crippen molar-refractivity contribution >= 4 is 12.4 Å². The molecule has 2 heterocycles. The lowest BCUT2D eigenvalue weighted by molar-refractivity contribution is 0.203. The Morgan fingerprint density at radius 2 is 2.14 bits per heavy atom. The largest absolute Gasteiger partial charge is 0.459 e. The molecule has 2 rings (SSSR count). The van der Waals surface area contributed by atoms with E-state index in [0.29, 0.717) is 0 Å². The standard InChI is InChI=1S/C8H10FN3O.ClH/c9-6-3-11-8(12-4-6)13-7-1-2-10-5-7;/h3-4,7,10H,1-2,5H2;1H. The van der Waals surface area contributed by atoms with Gasteiger partial charge >= 0.3 is 6.01 Å². The van der Waals surface area contributed by atoms with Gasteiger partial charge in [-0.05, 0) is 13.0 Å². The van der Waals surface area contributed by atoms with E-state index in [-0.39, 0.29) is 24.5 Å². The van der Waals surface area contributed by atoms with Gasteiger partial charge < -0.3 is 10.1 Å². The molecule has 1 atom stereocenters. The molecule has 0 spiro atoms. The Hall–Kier alpha value is -0.940. The summed E-state index contributed by atoms with van der Waals surface area (Å²) in [5.41, 5.74) is 0. The van der Waals surface area contributed by atoms with Crippen molar-refractivity contribution < 1.29 is 9.13 Å². The van der Waals surface area contributed by atoms with Crippen LogP contribution in [-0.4, -0.2) is 29.2 Å². The van der Waals surface area contributed by atoms with Crippen LogP contribution in [0.15, 0.2) is 12.4 Å². The van der Waals surface area contributed by atoms with Crippen LogP contribution in [0.2, 0.25) is 0 Å². The highest BCUT2D eigenvalue weighted by Gasteiger charge is 2.16. The molecule has 0 aliphatic carbocycles. The second kappa shape index (κ2) is 5.07. The zero-order chi connectivity index (χ0) is 9.10. The maximum atomic E-state index is 12.4. The van der Waals surface area contributed by atoms with Gasteiger partial charge in [-0.3, -0.25) is 0 Å². The predicted molar refractivity (Wildman–Crippen MR) is 51.1 cm³/mol. The van der Waals surface area contributed by atoms with Crippen LogP contribution in [-0.2, 0) is 0 Å². The number of ether oxygens (including phenoxy) is 1. The zero-order valence-electron chi connectivity index (χ0n) is 7.44. The van der Waals surface area contributed by atoms with Gasteiger partial charge in [-0.1, -0.05) is 0 Å². The fourth-order valence-corrected chi connectivity index (χ4v) is 1.24. The molecule has 1 unspecified atom stereocenters. The van der Waals surface area contributed by atoms with Crippen molar-refractivity contribution in [1.29, 1.82) is 0 Å². The molecule has 14 heavy (non-hydrogen) atoms. The van der Waals surface area contributed by atoms with Crippen LogP contribution >= 0.6 is 12.4 Å². The Labute approximate surface area is 87.3 Å². The quantitative estimate of drug-likeness (QED) is 0.799. The topological polar surface area (TPSA) is 47.0 Å². The molecule has 1 aliphatic rings. The monoisotopic (exact) mass is 219 g/mol. The fraction of sp³-hybridized carbons (Fsp3) is 0.500. The Bertz CT molecular complexity index is 276. The first-order valence-electron chi connectivity index (χ1n) is 4.19. The van der Waals surface area contributed by atoms with E-state index in [1.807, 2.05) is 0 Å². The fourth-order valence-electron chi connectivity index (χ4n) is 1.24. The molecule has 6 heteroatoms. The van der Waals surface area contributed by atoms with Crippen LogP contribution < -0.4 is 10.1 Å². The van der Waals surface area contributed by atoms with Gasteiger partial charge in [0.05, 0.1) is 12.4 Å². The van der Waals surface area contributed by atoms with Crippen molar-refractivity contribution in [2.45, 2.75) is 12.5 Å². The smallest absolute Gasteiger partial charge is 0.316 e. The van der Waals surface area contributed by atoms with Crippen molar-refractivity contribution in [2.24, 2.45) is 0 Å². The minimum absolute atomic E-state index is 0. The first kappa shape index (κ1) is 11.1. The SMILES string of the molecule is Cl.Fc1cnc(OC2CCNC2)nc1. The molecule has 0 aromatic carbocycles. The minimum Gasteiger partial charge on any atom is -0.459 e. The number of nitrogens with zero attached hydrogens (tertiary/aromatic N) is 2. The molecule has 0 radical (unpaired) electrons. The van der Waals surface area contributed by atoms with Gasteiger partial charge in [-0.15, -0.1) is 12.4 Å². The highest BCUT2D eigenvalue weighted by atomic mass is 35.5. The molecule has 1 N–H and O–H groups in total. The number of aromatic nitrogens is 2. The highest BCUT2D eigenvalue weighted by molar-refractivity contribution is 5.85. The normalized spacial score (nSPS) is 20.2. The summed E-state index contributed by atoms with van der Waals surface area (Å²) < 4.78 is 17.8. The van der Waals surface area contributed by atoms with Gasteiger partial charge in [0, 0.05) is 6.54 Å². The molecular weight excluding hydrogens is 209 g/mol. The van der Waals surface area contributed by atoms with Crippen molar-refractivity contribution in [3.63, 3.8) is 0 Å². The number of nitrogens with one attached hydrogen (secondary N) is 1.